The topological polar surface area (TPSA) is 69.4 Å². The second-order valence-electron chi connectivity index (χ2n) is 3.38. The van der Waals surface area contributed by atoms with E-state index in [9.17, 15) is 12.8 Å². The molecule has 1 aromatic rings. The first kappa shape index (κ1) is 12.7. The molecule has 0 aliphatic rings. The minimum absolute atomic E-state index is 0.0203. The van der Waals surface area contributed by atoms with Crippen molar-refractivity contribution in [2.45, 2.75) is 11.8 Å². The van der Waals surface area contributed by atoms with E-state index in [0.717, 1.165) is 12.1 Å². The molecule has 0 radical (unpaired) electrons. The van der Waals surface area contributed by atoms with Gasteiger partial charge >= 0.3 is 0 Å². The van der Waals surface area contributed by atoms with Crippen molar-refractivity contribution in [1.82, 2.24) is 0 Å². The molecule has 0 aliphatic carbocycles. The summed E-state index contributed by atoms with van der Waals surface area (Å²) in [5, 5.41) is 4.94. The van der Waals surface area contributed by atoms with Crippen LogP contribution in [0, 0.1) is 5.82 Å². The molecular weight excluding hydrogens is 233 g/mol. The number of primary sulfonamides is 1. The normalized spacial score (nSPS) is 11.2. The van der Waals surface area contributed by atoms with Crippen molar-refractivity contribution in [3.63, 3.8) is 0 Å². The molecule has 0 atom stereocenters. The van der Waals surface area contributed by atoms with E-state index in [1.807, 2.05) is 0 Å². The molecule has 0 heterocycles. The maximum atomic E-state index is 12.9. The molecule has 0 amide bonds. The van der Waals surface area contributed by atoms with Gasteiger partial charge in [-0.15, -0.1) is 0 Å². The first-order valence-electron chi connectivity index (χ1n) is 4.40. The van der Waals surface area contributed by atoms with Crippen LogP contribution in [0.2, 0.25) is 0 Å². The van der Waals surface area contributed by atoms with Crippen molar-refractivity contribution in [2.75, 3.05) is 6.61 Å². The van der Waals surface area contributed by atoms with E-state index in [1.54, 1.807) is 6.92 Å². The lowest BCUT2D eigenvalue weighted by Gasteiger charge is -2.09. The number of hydrogen-bond acceptors (Lipinski definition) is 3. The van der Waals surface area contributed by atoms with Gasteiger partial charge in [0, 0.05) is 0 Å². The lowest BCUT2D eigenvalue weighted by molar-refractivity contribution is 0.342. The van der Waals surface area contributed by atoms with E-state index < -0.39 is 15.8 Å². The van der Waals surface area contributed by atoms with Gasteiger partial charge < -0.3 is 4.74 Å². The molecule has 0 bridgehead atoms. The molecule has 0 spiro atoms. The minimum atomic E-state index is -4.00. The summed E-state index contributed by atoms with van der Waals surface area (Å²) in [7, 11) is -4.00. The zero-order chi connectivity index (χ0) is 12.3. The highest BCUT2D eigenvalue weighted by molar-refractivity contribution is 7.89. The number of nitrogens with two attached hydrogens (primary N) is 1. The predicted octanol–water partition coefficient (Wildman–Crippen LogP) is 1.43. The molecule has 2 N–H and O–H groups in total. The molecule has 16 heavy (non-hydrogen) atoms. The predicted molar refractivity (Wildman–Crippen MR) is 58.1 cm³/mol. The number of ether oxygens (including phenoxy) is 1. The fourth-order valence-corrected chi connectivity index (χ4v) is 1.71. The van der Waals surface area contributed by atoms with Crippen LogP contribution < -0.4 is 9.88 Å². The molecule has 0 fully saturated rings. The van der Waals surface area contributed by atoms with Crippen molar-refractivity contribution in [3.8, 4) is 5.75 Å². The van der Waals surface area contributed by atoms with E-state index in [4.69, 9.17) is 9.88 Å². The molecule has 1 aromatic carbocycles. The average Bonchev–Trinajstić information content (AvgIpc) is 2.14. The fraction of sp³-hybridized carbons (Fsp3) is 0.200. The fourth-order valence-electron chi connectivity index (χ4n) is 1.02. The van der Waals surface area contributed by atoms with Crippen LogP contribution >= 0.6 is 0 Å². The molecule has 0 saturated carbocycles. The van der Waals surface area contributed by atoms with E-state index >= 15 is 0 Å². The van der Waals surface area contributed by atoms with Crippen molar-refractivity contribution in [2.24, 2.45) is 5.14 Å². The summed E-state index contributed by atoms with van der Waals surface area (Å²) in [5.41, 5.74) is 0.713. The van der Waals surface area contributed by atoms with Gasteiger partial charge in [-0.1, -0.05) is 6.58 Å². The van der Waals surface area contributed by atoms with Gasteiger partial charge in [-0.3, -0.25) is 0 Å². The van der Waals surface area contributed by atoms with Gasteiger partial charge in [-0.05, 0) is 30.7 Å². The van der Waals surface area contributed by atoms with Gasteiger partial charge in [0.1, 0.15) is 23.1 Å². The summed E-state index contributed by atoms with van der Waals surface area (Å²) in [6, 6.07) is 3.14. The molecule has 88 valence electrons. The molecular formula is C10H12FNO3S. The molecule has 0 aromatic heterocycles. The summed E-state index contributed by atoms with van der Waals surface area (Å²) < 4.78 is 40.4. The number of sulfonamides is 1. The molecule has 1 rings (SSSR count). The van der Waals surface area contributed by atoms with Crippen LogP contribution in [0.1, 0.15) is 6.92 Å². The van der Waals surface area contributed by atoms with Crippen LogP contribution in [0.25, 0.3) is 0 Å². The minimum Gasteiger partial charge on any atom is -0.488 e. The average molecular weight is 245 g/mol. The first-order chi connectivity index (χ1) is 7.30. The van der Waals surface area contributed by atoms with Crippen molar-refractivity contribution < 1.29 is 17.5 Å². The third-order valence-electron chi connectivity index (χ3n) is 1.69. The van der Waals surface area contributed by atoms with Crippen LogP contribution in [0.5, 0.6) is 5.75 Å². The Hall–Kier alpha value is -1.40. The Bertz CT molecular complexity index is 511. The lowest BCUT2D eigenvalue weighted by atomic mass is 10.3. The molecule has 0 aliphatic heterocycles. The lowest BCUT2D eigenvalue weighted by Crippen LogP contribution is -2.14. The van der Waals surface area contributed by atoms with Gasteiger partial charge in [0.25, 0.3) is 0 Å². The van der Waals surface area contributed by atoms with Crippen molar-refractivity contribution in [3.05, 3.63) is 36.2 Å². The SMILES string of the molecule is C=C(C)COc1ccc(F)cc1S(N)(=O)=O. The largest absolute Gasteiger partial charge is 0.488 e. The molecule has 6 heteroatoms. The van der Waals surface area contributed by atoms with Crippen LogP contribution in [0.15, 0.2) is 35.2 Å². The molecule has 4 nitrogen and oxygen atoms in total. The monoisotopic (exact) mass is 245 g/mol. The van der Waals surface area contributed by atoms with Crippen LogP contribution in [0.4, 0.5) is 4.39 Å². The second kappa shape index (κ2) is 4.63. The van der Waals surface area contributed by atoms with E-state index in [-0.39, 0.29) is 17.3 Å². The highest BCUT2D eigenvalue weighted by atomic mass is 32.2. The smallest absolute Gasteiger partial charge is 0.241 e. The number of benzene rings is 1. The summed E-state index contributed by atoms with van der Waals surface area (Å²) in [5.74, 6) is -0.668. The maximum Gasteiger partial charge on any atom is 0.241 e. The van der Waals surface area contributed by atoms with Gasteiger partial charge in [-0.2, -0.15) is 0 Å². The Morgan fingerprint density at radius 2 is 2.19 bits per heavy atom. The van der Waals surface area contributed by atoms with Gasteiger partial charge in [0.05, 0.1) is 0 Å². The second-order valence-corrected chi connectivity index (χ2v) is 4.91. The summed E-state index contributed by atoms with van der Waals surface area (Å²) in [4.78, 5) is -0.367. The van der Waals surface area contributed by atoms with Gasteiger partial charge in [-0.25, -0.2) is 17.9 Å². The summed E-state index contributed by atoms with van der Waals surface area (Å²) in [6.07, 6.45) is 0. The third kappa shape index (κ3) is 3.32. The number of hydrogen-bond donors (Lipinski definition) is 1. The summed E-state index contributed by atoms with van der Waals surface area (Å²) in [6.45, 7) is 5.47. The Morgan fingerprint density at radius 3 is 2.69 bits per heavy atom. The highest BCUT2D eigenvalue weighted by Crippen LogP contribution is 2.23. The third-order valence-corrected chi connectivity index (χ3v) is 2.62. The van der Waals surface area contributed by atoms with Crippen molar-refractivity contribution in [1.29, 1.82) is 0 Å². The van der Waals surface area contributed by atoms with Gasteiger partial charge in [0.15, 0.2) is 0 Å². The number of halogens is 1. The highest BCUT2D eigenvalue weighted by Gasteiger charge is 2.16. The zero-order valence-corrected chi connectivity index (χ0v) is 9.55. The Morgan fingerprint density at radius 1 is 1.56 bits per heavy atom. The van der Waals surface area contributed by atoms with Crippen LogP contribution in [-0.4, -0.2) is 15.0 Å². The Labute approximate surface area is 93.6 Å². The first-order valence-corrected chi connectivity index (χ1v) is 5.95. The summed E-state index contributed by atoms with van der Waals surface area (Å²) >= 11 is 0. The zero-order valence-electron chi connectivity index (χ0n) is 8.73. The maximum absolute atomic E-state index is 12.9. The van der Waals surface area contributed by atoms with Gasteiger partial charge in [0.2, 0.25) is 10.0 Å². The molecule has 0 unspecified atom stereocenters. The van der Waals surface area contributed by atoms with Crippen LogP contribution in [0.3, 0.4) is 0 Å². The Kier molecular flexibility index (Phi) is 3.66. The Balaban J connectivity index is 3.13. The number of rotatable bonds is 4. The van der Waals surface area contributed by atoms with E-state index in [2.05, 4.69) is 6.58 Å². The van der Waals surface area contributed by atoms with E-state index in [1.165, 1.54) is 6.07 Å². The molecule has 0 saturated heterocycles. The standard InChI is InChI=1S/C10H12FNO3S/c1-7(2)6-15-9-4-3-8(11)5-10(9)16(12,13)14/h3-5H,1,6H2,2H3,(H2,12,13,14). The van der Waals surface area contributed by atoms with Crippen molar-refractivity contribution >= 4 is 10.0 Å². The quantitative estimate of drug-likeness (QED) is 0.816. The van der Waals surface area contributed by atoms with E-state index in [0.29, 0.717) is 5.57 Å². The van der Waals surface area contributed by atoms with Crippen LogP contribution in [-0.2, 0) is 10.0 Å².